The second kappa shape index (κ2) is 7.45. The SMILES string of the molecule is Cc1cc(C)cc(Nc2ccc(C(=O)Nc3ccccc3C#N)nn2)c1. The molecule has 0 aliphatic carbocycles. The van der Waals surface area contributed by atoms with Crippen molar-refractivity contribution < 1.29 is 4.79 Å². The number of carbonyl (C=O) groups is 1. The van der Waals surface area contributed by atoms with Crippen LogP contribution in [-0.2, 0) is 0 Å². The topological polar surface area (TPSA) is 90.7 Å². The van der Waals surface area contributed by atoms with E-state index in [1.165, 1.54) is 0 Å². The highest BCUT2D eigenvalue weighted by atomic mass is 16.1. The Hall–Kier alpha value is -3.72. The summed E-state index contributed by atoms with van der Waals surface area (Å²) in [6, 6.07) is 18.2. The molecule has 0 atom stereocenters. The summed E-state index contributed by atoms with van der Waals surface area (Å²) in [5.41, 5.74) is 4.21. The zero-order valence-corrected chi connectivity index (χ0v) is 14.4. The molecule has 128 valence electrons. The minimum atomic E-state index is -0.418. The van der Waals surface area contributed by atoms with Gasteiger partial charge in [0, 0.05) is 5.69 Å². The molecular weight excluding hydrogens is 326 g/mol. The number of anilines is 3. The van der Waals surface area contributed by atoms with E-state index in [-0.39, 0.29) is 5.69 Å². The van der Waals surface area contributed by atoms with Gasteiger partial charge >= 0.3 is 0 Å². The van der Waals surface area contributed by atoms with Crippen molar-refractivity contribution in [1.82, 2.24) is 10.2 Å². The lowest BCUT2D eigenvalue weighted by Crippen LogP contribution is -2.15. The van der Waals surface area contributed by atoms with E-state index in [4.69, 9.17) is 5.26 Å². The van der Waals surface area contributed by atoms with Crippen molar-refractivity contribution in [2.75, 3.05) is 10.6 Å². The number of amides is 1. The van der Waals surface area contributed by atoms with Crippen molar-refractivity contribution in [1.29, 1.82) is 5.26 Å². The zero-order chi connectivity index (χ0) is 18.5. The van der Waals surface area contributed by atoms with Crippen molar-refractivity contribution >= 4 is 23.1 Å². The van der Waals surface area contributed by atoms with E-state index in [1.54, 1.807) is 36.4 Å². The Kier molecular flexibility index (Phi) is 4.90. The average Bonchev–Trinajstić information content (AvgIpc) is 2.62. The Morgan fingerprint density at radius 2 is 1.73 bits per heavy atom. The van der Waals surface area contributed by atoms with Crippen molar-refractivity contribution in [3.63, 3.8) is 0 Å². The Bertz CT molecular complexity index is 970. The number of aromatic nitrogens is 2. The predicted molar refractivity (Wildman–Crippen MR) is 100 cm³/mol. The van der Waals surface area contributed by atoms with Crippen molar-refractivity contribution in [2.24, 2.45) is 0 Å². The fourth-order valence-electron chi connectivity index (χ4n) is 2.59. The molecule has 3 aromatic rings. The molecule has 1 heterocycles. The summed E-state index contributed by atoms with van der Waals surface area (Å²) >= 11 is 0. The third-order valence-corrected chi connectivity index (χ3v) is 3.69. The van der Waals surface area contributed by atoms with Gasteiger partial charge in [-0.25, -0.2) is 0 Å². The van der Waals surface area contributed by atoms with Gasteiger partial charge in [-0.15, -0.1) is 10.2 Å². The van der Waals surface area contributed by atoms with Gasteiger partial charge in [0.15, 0.2) is 11.5 Å². The van der Waals surface area contributed by atoms with Crippen LogP contribution in [0, 0.1) is 25.2 Å². The standard InChI is InChI=1S/C20H17N5O/c1-13-9-14(2)11-16(10-13)22-19-8-7-18(24-25-19)20(26)23-17-6-4-3-5-15(17)12-21/h3-11H,1-2H3,(H,22,25)(H,23,26). The van der Waals surface area contributed by atoms with Gasteiger partial charge in [-0.3, -0.25) is 4.79 Å². The summed E-state index contributed by atoms with van der Waals surface area (Å²) in [6.07, 6.45) is 0. The van der Waals surface area contributed by atoms with Crippen molar-refractivity contribution in [3.05, 3.63) is 77.0 Å². The van der Waals surface area contributed by atoms with E-state index < -0.39 is 5.91 Å². The number of hydrogen-bond acceptors (Lipinski definition) is 5. The van der Waals surface area contributed by atoms with Crippen LogP contribution in [0.2, 0.25) is 0 Å². The molecule has 1 aromatic heterocycles. The maximum atomic E-state index is 12.3. The molecule has 2 N–H and O–H groups in total. The summed E-state index contributed by atoms with van der Waals surface area (Å²) < 4.78 is 0. The normalized spacial score (nSPS) is 10.0. The number of hydrogen-bond donors (Lipinski definition) is 2. The van der Waals surface area contributed by atoms with Gasteiger partial charge < -0.3 is 10.6 Å². The lowest BCUT2D eigenvalue weighted by molar-refractivity contribution is 0.102. The summed E-state index contributed by atoms with van der Waals surface area (Å²) in [4.78, 5) is 12.3. The van der Waals surface area contributed by atoms with Gasteiger partial charge in [0.1, 0.15) is 6.07 Å². The second-order valence-corrected chi connectivity index (χ2v) is 5.92. The van der Waals surface area contributed by atoms with Gasteiger partial charge in [0.2, 0.25) is 0 Å². The van der Waals surface area contributed by atoms with Crippen LogP contribution in [0.3, 0.4) is 0 Å². The minimum Gasteiger partial charge on any atom is -0.339 e. The molecule has 26 heavy (non-hydrogen) atoms. The van der Waals surface area contributed by atoms with Gasteiger partial charge in [-0.1, -0.05) is 18.2 Å². The van der Waals surface area contributed by atoms with E-state index in [0.29, 0.717) is 17.1 Å². The first-order chi connectivity index (χ1) is 12.5. The molecule has 0 saturated heterocycles. The second-order valence-electron chi connectivity index (χ2n) is 5.92. The molecule has 0 saturated carbocycles. The Morgan fingerprint density at radius 1 is 1.00 bits per heavy atom. The Morgan fingerprint density at radius 3 is 2.38 bits per heavy atom. The molecule has 0 fully saturated rings. The van der Waals surface area contributed by atoms with E-state index in [1.807, 2.05) is 32.0 Å². The largest absolute Gasteiger partial charge is 0.339 e. The highest BCUT2D eigenvalue weighted by Crippen LogP contribution is 2.18. The van der Waals surface area contributed by atoms with Gasteiger partial charge in [-0.05, 0) is 61.4 Å². The van der Waals surface area contributed by atoms with Crippen molar-refractivity contribution in [2.45, 2.75) is 13.8 Å². The molecule has 0 unspecified atom stereocenters. The fourth-order valence-corrected chi connectivity index (χ4v) is 2.59. The molecule has 0 spiro atoms. The lowest BCUT2D eigenvalue weighted by Gasteiger charge is -2.08. The molecule has 0 radical (unpaired) electrons. The molecule has 0 aliphatic rings. The molecule has 1 amide bonds. The van der Waals surface area contributed by atoms with Gasteiger partial charge in [0.05, 0.1) is 11.3 Å². The molecular formula is C20H17N5O. The first-order valence-corrected chi connectivity index (χ1v) is 8.05. The molecule has 6 heteroatoms. The number of carbonyl (C=O) groups excluding carboxylic acids is 1. The summed E-state index contributed by atoms with van der Waals surface area (Å²) in [5.74, 6) is 0.127. The van der Waals surface area contributed by atoms with Crippen LogP contribution in [-0.4, -0.2) is 16.1 Å². The average molecular weight is 343 g/mol. The quantitative estimate of drug-likeness (QED) is 0.748. The highest BCUT2D eigenvalue weighted by molar-refractivity contribution is 6.03. The number of para-hydroxylation sites is 1. The molecule has 0 bridgehead atoms. The summed E-state index contributed by atoms with van der Waals surface area (Å²) in [6.45, 7) is 4.05. The zero-order valence-electron chi connectivity index (χ0n) is 14.4. The molecule has 0 aliphatic heterocycles. The third-order valence-electron chi connectivity index (χ3n) is 3.69. The van der Waals surface area contributed by atoms with Crippen LogP contribution < -0.4 is 10.6 Å². The van der Waals surface area contributed by atoms with E-state index in [2.05, 4.69) is 26.9 Å². The Labute approximate surface area is 151 Å². The fraction of sp³-hybridized carbons (Fsp3) is 0.100. The number of nitrogens with one attached hydrogen (secondary N) is 2. The van der Waals surface area contributed by atoms with E-state index >= 15 is 0 Å². The number of nitriles is 1. The van der Waals surface area contributed by atoms with Crippen molar-refractivity contribution in [3.8, 4) is 6.07 Å². The predicted octanol–water partition coefficient (Wildman–Crippen LogP) is 3.96. The third kappa shape index (κ3) is 4.02. The number of nitrogens with zero attached hydrogens (tertiary/aromatic N) is 3. The number of benzene rings is 2. The summed E-state index contributed by atoms with van der Waals surface area (Å²) in [5, 5.41) is 22.9. The lowest BCUT2D eigenvalue weighted by atomic mass is 10.1. The smallest absolute Gasteiger partial charge is 0.276 e. The molecule has 2 aromatic carbocycles. The number of rotatable bonds is 4. The summed E-state index contributed by atoms with van der Waals surface area (Å²) in [7, 11) is 0. The highest BCUT2D eigenvalue weighted by Gasteiger charge is 2.11. The monoisotopic (exact) mass is 343 g/mol. The van der Waals surface area contributed by atoms with E-state index in [0.717, 1.165) is 16.8 Å². The molecule has 3 rings (SSSR count). The van der Waals surface area contributed by atoms with Gasteiger partial charge in [-0.2, -0.15) is 5.26 Å². The van der Waals surface area contributed by atoms with Crippen LogP contribution >= 0.6 is 0 Å². The van der Waals surface area contributed by atoms with Crippen LogP contribution in [0.15, 0.2) is 54.6 Å². The van der Waals surface area contributed by atoms with Crippen LogP contribution in [0.4, 0.5) is 17.2 Å². The van der Waals surface area contributed by atoms with Crippen LogP contribution in [0.25, 0.3) is 0 Å². The van der Waals surface area contributed by atoms with Crippen LogP contribution in [0.1, 0.15) is 27.2 Å². The number of aryl methyl sites for hydroxylation is 2. The van der Waals surface area contributed by atoms with Gasteiger partial charge in [0.25, 0.3) is 5.91 Å². The van der Waals surface area contributed by atoms with Crippen LogP contribution in [0.5, 0.6) is 0 Å². The maximum Gasteiger partial charge on any atom is 0.276 e. The molecule has 6 nitrogen and oxygen atoms in total. The van der Waals surface area contributed by atoms with E-state index in [9.17, 15) is 4.79 Å². The minimum absolute atomic E-state index is 0.170. The maximum absolute atomic E-state index is 12.3. The first kappa shape index (κ1) is 17.1. The first-order valence-electron chi connectivity index (χ1n) is 8.05. The Balaban J connectivity index is 1.73.